The van der Waals surface area contributed by atoms with Gasteiger partial charge in [0.15, 0.2) is 0 Å². The van der Waals surface area contributed by atoms with E-state index in [0.717, 1.165) is 12.8 Å². The first-order chi connectivity index (χ1) is 12.9. The number of fused-ring (bicyclic) bond motifs is 2. The maximum absolute atomic E-state index is 3.41. The molecule has 2 aromatic carbocycles. The van der Waals surface area contributed by atoms with Gasteiger partial charge in [-0.3, -0.25) is 0 Å². The Labute approximate surface area is 154 Å². The number of para-hydroxylation sites is 2. The molecule has 0 aliphatic heterocycles. The van der Waals surface area contributed by atoms with Crippen LogP contribution < -0.4 is 0 Å². The zero-order chi connectivity index (χ0) is 17.8. The van der Waals surface area contributed by atoms with Gasteiger partial charge in [0.2, 0.25) is 0 Å². The Balaban J connectivity index is 1.79. The molecule has 0 unspecified atom stereocenters. The molecule has 0 bridgehead atoms. The number of rotatable bonds is 6. The highest BCUT2D eigenvalue weighted by Crippen LogP contribution is 2.35. The molecule has 0 atom stereocenters. The van der Waals surface area contributed by atoms with Crippen molar-refractivity contribution in [2.24, 2.45) is 0 Å². The van der Waals surface area contributed by atoms with Crippen molar-refractivity contribution in [3.63, 3.8) is 0 Å². The van der Waals surface area contributed by atoms with Crippen molar-refractivity contribution in [3.8, 4) is 0 Å². The van der Waals surface area contributed by atoms with Crippen LogP contribution in [0.3, 0.4) is 0 Å². The highest BCUT2D eigenvalue weighted by atomic mass is 14.7. The molecule has 2 heteroatoms. The predicted molar refractivity (Wildman–Crippen MR) is 111 cm³/mol. The Hall–Kier alpha value is -3.00. The van der Waals surface area contributed by atoms with Gasteiger partial charge < -0.3 is 9.97 Å². The molecule has 0 fully saturated rings. The summed E-state index contributed by atoms with van der Waals surface area (Å²) in [6.07, 6.45) is 15.2. The van der Waals surface area contributed by atoms with Gasteiger partial charge in [-0.2, -0.15) is 0 Å². The number of nitrogens with one attached hydrogen (secondary N) is 2. The number of H-pyrrole nitrogens is 2. The SMILES string of the molecule is C/C=C/CC/C=C/[C](c1c[nH]c2ccccc12)c1c[nH]c2ccccc12. The van der Waals surface area contributed by atoms with E-state index in [4.69, 9.17) is 0 Å². The van der Waals surface area contributed by atoms with Crippen LogP contribution in [0.25, 0.3) is 21.8 Å². The fourth-order valence-electron chi connectivity index (χ4n) is 3.47. The molecule has 0 saturated carbocycles. The van der Waals surface area contributed by atoms with Crippen molar-refractivity contribution in [1.29, 1.82) is 0 Å². The first kappa shape index (κ1) is 16.5. The lowest BCUT2D eigenvalue weighted by atomic mass is 9.90. The Morgan fingerprint density at radius 1 is 0.769 bits per heavy atom. The summed E-state index contributed by atoms with van der Waals surface area (Å²) < 4.78 is 0. The molecule has 4 aromatic rings. The third kappa shape index (κ3) is 3.11. The van der Waals surface area contributed by atoms with Gasteiger partial charge in [-0.05, 0) is 43.0 Å². The zero-order valence-corrected chi connectivity index (χ0v) is 15.0. The number of aromatic amines is 2. The Morgan fingerprint density at radius 3 is 1.88 bits per heavy atom. The Bertz CT molecular complexity index is 988. The van der Waals surface area contributed by atoms with Gasteiger partial charge in [-0.1, -0.05) is 60.7 Å². The first-order valence-corrected chi connectivity index (χ1v) is 9.16. The third-order valence-electron chi connectivity index (χ3n) is 4.78. The minimum Gasteiger partial charge on any atom is -0.361 e. The lowest BCUT2D eigenvalue weighted by molar-refractivity contribution is 1.04. The average molecular weight is 339 g/mol. The molecule has 0 aliphatic carbocycles. The molecule has 2 aromatic heterocycles. The third-order valence-corrected chi connectivity index (χ3v) is 4.78. The molecule has 129 valence electrons. The van der Waals surface area contributed by atoms with E-state index in [0.29, 0.717) is 0 Å². The second kappa shape index (κ2) is 7.49. The van der Waals surface area contributed by atoms with E-state index in [9.17, 15) is 0 Å². The lowest BCUT2D eigenvalue weighted by Crippen LogP contribution is -1.97. The number of hydrogen-bond donors (Lipinski definition) is 2. The number of benzene rings is 2. The summed E-state index contributed by atoms with van der Waals surface area (Å²) in [4.78, 5) is 6.83. The fraction of sp³-hybridized carbons (Fsp3) is 0.125. The van der Waals surface area contributed by atoms with E-state index in [1.165, 1.54) is 38.9 Å². The second-order valence-corrected chi connectivity index (χ2v) is 6.46. The van der Waals surface area contributed by atoms with Gasteiger partial charge in [0.1, 0.15) is 0 Å². The number of unbranched alkanes of at least 4 members (excludes halogenated alkanes) is 1. The van der Waals surface area contributed by atoms with Crippen LogP contribution in [0, 0.1) is 5.92 Å². The van der Waals surface area contributed by atoms with Crippen LogP contribution in [-0.2, 0) is 0 Å². The molecule has 4 rings (SSSR count). The number of allylic oxidation sites excluding steroid dienone is 4. The largest absolute Gasteiger partial charge is 0.361 e. The van der Waals surface area contributed by atoms with Gasteiger partial charge in [0.05, 0.1) is 5.92 Å². The second-order valence-electron chi connectivity index (χ2n) is 6.46. The molecular formula is C24H23N2. The molecule has 2 nitrogen and oxygen atoms in total. The summed E-state index contributed by atoms with van der Waals surface area (Å²) in [6.45, 7) is 2.07. The molecule has 26 heavy (non-hydrogen) atoms. The van der Waals surface area contributed by atoms with Crippen LogP contribution >= 0.6 is 0 Å². The summed E-state index contributed by atoms with van der Waals surface area (Å²) in [5.74, 6) is 1.25. The van der Waals surface area contributed by atoms with Crippen LogP contribution in [0.2, 0.25) is 0 Å². The monoisotopic (exact) mass is 339 g/mol. The standard InChI is InChI=1S/C24H23N2/c1-2-3-4-5-6-11-18(21-16-25-23-14-9-7-12-19(21)23)22-17-26-24-15-10-8-13-20(22)24/h2-3,6-17,25-26H,4-5H2,1H3/b3-2+,11-6+. The van der Waals surface area contributed by atoms with Crippen LogP contribution in [0.1, 0.15) is 30.9 Å². The molecule has 2 N–H and O–H groups in total. The maximum Gasteiger partial charge on any atom is 0.0597 e. The number of hydrogen-bond acceptors (Lipinski definition) is 0. The highest BCUT2D eigenvalue weighted by Gasteiger charge is 2.19. The molecular weight excluding hydrogens is 316 g/mol. The fourth-order valence-corrected chi connectivity index (χ4v) is 3.47. The molecule has 0 aliphatic rings. The van der Waals surface area contributed by atoms with Crippen molar-refractivity contribution >= 4 is 21.8 Å². The number of aromatic nitrogens is 2. The average Bonchev–Trinajstić information content (AvgIpc) is 3.30. The van der Waals surface area contributed by atoms with Crippen LogP contribution in [0.4, 0.5) is 0 Å². The smallest absolute Gasteiger partial charge is 0.0597 e. The molecule has 2 heterocycles. The summed E-state index contributed by atoms with van der Waals surface area (Å²) in [7, 11) is 0. The predicted octanol–water partition coefficient (Wildman–Crippen LogP) is 6.53. The van der Waals surface area contributed by atoms with Gasteiger partial charge >= 0.3 is 0 Å². The Kier molecular flexibility index (Phi) is 4.74. The van der Waals surface area contributed by atoms with Crippen molar-refractivity contribution in [2.45, 2.75) is 19.8 Å². The summed E-state index contributed by atoms with van der Waals surface area (Å²) in [5, 5.41) is 2.51. The summed E-state index contributed by atoms with van der Waals surface area (Å²) in [5.41, 5.74) is 4.82. The van der Waals surface area contributed by atoms with Crippen molar-refractivity contribution in [2.75, 3.05) is 0 Å². The first-order valence-electron chi connectivity index (χ1n) is 9.16. The minimum atomic E-state index is 1.04. The molecule has 0 amide bonds. The quantitative estimate of drug-likeness (QED) is 0.295. The van der Waals surface area contributed by atoms with Crippen LogP contribution in [-0.4, -0.2) is 9.97 Å². The van der Waals surface area contributed by atoms with E-state index in [1.54, 1.807) is 0 Å². The van der Waals surface area contributed by atoms with Gasteiger partial charge in [0, 0.05) is 34.2 Å². The van der Waals surface area contributed by atoms with E-state index < -0.39 is 0 Å². The maximum atomic E-state index is 3.41. The van der Waals surface area contributed by atoms with E-state index in [1.807, 2.05) is 0 Å². The van der Waals surface area contributed by atoms with Crippen molar-refractivity contribution in [1.82, 2.24) is 9.97 Å². The lowest BCUT2D eigenvalue weighted by Gasteiger charge is -2.11. The normalized spacial score (nSPS) is 12.4. The highest BCUT2D eigenvalue weighted by molar-refractivity contribution is 5.92. The van der Waals surface area contributed by atoms with Gasteiger partial charge in [-0.15, -0.1) is 0 Å². The minimum absolute atomic E-state index is 1.04. The summed E-state index contributed by atoms with van der Waals surface area (Å²) >= 11 is 0. The van der Waals surface area contributed by atoms with Crippen molar-refractivity contribution in [3.05, 3.63) is 102 Å². The van der Waals surface area contributed by atoms with Gasteiger partial charge in [0.25, 0.3) is 0 Å². The molecule has 1 radical (unpaired) electrons. The topological polar surface area (TPSA) is 31.6 Å². The zero-order valence-electron chi connectivity index (χ0n) is 15.0. The van der Waals surface area contributed by atoms with Crippen molar-refractivity contribution < 1.29 is 0 Å². The van der Waals surface area contributed by atoms with Crippen LogP contribution in [0.5, 0.6) is 0 Å². The van der Waals surface area contributed by atoms with E-state index in [2.05, 4.69) is 102 Å². The van der Waals surface area contributed by atoms with E-state index in [-0.39, 0.29) is 0 Å². The van der Waals surface area contributed by atoms with Crippen LogP contribution in [0.15, 0.2) is 85.2 Å². The van der Waals surface area contributed by atoms with Gasteiger partial charge in [-0.25, -0.2) is 0 Å². The molecule has 0 spiro atoms. The molecule has 0 saturated heterocycles. The van der Waals surface area contributed by atoms with E-state index >= 15 is 0 Å². The Morgan fingerprint density at radius 2 is 1.31 bits per heavy atom. The summed E-state index contributed by atoms with van der Waals surface area (Å²) in [6, 6.07) is 17.0.